The Labute approximate surface area is 137 Å². The molecule has 2 heteroatoms. The molecule has 0 aromatic carbocycles. The molecule has 0 bridgehead atoms. The molecule has 0 atom stereocenters. The van der Waals surface area contributed by atoms with Crippen LogP contribution in [0.4, 0.5) is 0 Å². The van der Waals surface area contributed by atoms with E-state index in [1.165, 1.54) is 22.3 Å². The van der Waals surface area contributed by atoms with E-state index in [4.69, 9.17) is 9.78 Å². The molecule has 0 heterocycles. The summed E-state index contributed by atoms with van der Waals surface area (Å²) >= 11 is 0. The molecule has 0 saturated carbocycles. The third-order valence-corrected chi connectivity index (χ3v) is 3.27. The van der Waals surface area contributed by atoms with Crippen molar-refractivity contribution in [1.29, 1.82) is 0 Å². The van der Waals surface area contributed by atoms with E-state index < -0.39 is 0 Å². The second kappa shape index (κ2) is 13.5. The largest absolute Gasteiger partial charge is 0.232 e. The van der Waals surface area contributed by atoms with Gasteiger partial charge in [0.1, 0.15) is 13.2 Å². The number of allylic oxidation sites excluding steroid dienone is 6. The van der Waals surface area contributed by atoms with Gasteiger partial charge in [-0.2, -0.15) is 0 Å². The van der Waals surface area contributed by atoms with Crippen LogP contribution in [0, 0.1) is 0 Å². The van der Waals surface area contributed by atoms with Crippen molar-refractivity contribution >= 4 is 0 Å². The summed E-state index contributed by atoms with van der Waals surface area (Å²) in [6.45, 7) is 13.8. The quantitative estimate of drug-likeness (QED) is 0.192. The Kier molecular flexibility index (Phi) is 12.8. The van der Waals surface area contributed by atoms with E-state index in [9.17, 15) is 0 Å². The molecule has 0 aliphatic carbocycles. The predicted octanol–water partition coefficient (Wildman–Crippen LogP) is 6.32. The van der Waals surface area contributed by atoms with Gasteiger partial charge in [-0.1, -0.05) is 46.6 Å². The van der Waals surface area contributed by atoms with E-state index in [1.54, 1.807) is 0 Å². The van der Waals surface area contributed by atoms with Crippen molar-refractivity contribution in [1.82, 2.24) is 0 Å². The second-order valence-corrected chi connectivity index (χ2v) is 6.31. The average molecular weight is 306 g/mol. The van der Waals surface area contributed by atoms with Crippen molar-refractivity contribution in [2.75, 3.05) is 13.2 Å². The molecule has 0 aromatic rings. The maximum atomic E-state index is 5.18. The number of rotatable bonds is 11. The van der Waals surface area contributed by atoms with Gasteiger partial charge in [0.2, 0.25) is 0 Å². The number of hydrogen-bond acceptors (Lipinski definition) is 2. The summed E-state index contributed by atoms with van der Waals surface area (Å²) < 4.78 is 0. The van der Waals surface area contributed by atoms with Gasteiger partial charge in [0.15, 0.2) is 0 Å². The SMILES string of the molecule is CC(C)=CCC/C(C)=C\COOC/C=C(/C)CCC=C(C)C. The van der Waals surface area contributed by atoms with Crippen LogP contribution in [0.3, 0.4) is 0 Å². The Bertz CT molecular complexity index is 363. The molecule has 0 aliphatic rings. The summed E-state index contributed by atoms with van der Waals surface area (Å²) in [6.07, 6.45) is 13.1. The zero-order valence-corrected chi connectivity index (χ0v) is 15.4. The normalized spacial score (nSPS) is 12.3. The summed E-state index contributed by atoms with van der Waals surface area (Å²) in [5.41, 5.74) is 5.43. The fraction of sp³-hybridized carbons (Fsp3) is 0.600. The monoisotopic (exact) mass is 306 g/mol. The fourth-order valence-electron chi connectivity index (χ4n) is 1.83. The molecule has 0 radical (unpaired) electrons. The van der Waals surface area contributed by atoms with Crippen LogP contribution in [-0.2, 0) is 9.78 Å². The van der Waals surface area contributed by atoms with Gasteiger partial charge < -0.3 is 0 Å². The van der Waals surface area contributed by atoms with Crippen molar-refractivity contribution < 1.29 is 9.78 Å². The van der Waals surface area contributed by atoms with Gasteiger partial charge in [-0.3, -0.25) is 0 Å². The van der Waals surface area contributed by atoms with Gasteiger partial charge in [0.05, 0.1) is 0 Å². The minimum absolute atomic E-state index is 0.519. The summed E-state index contributed by atoms with van der Waals surface area (Å²) in [6, 6.07) is 0. The minimum atomic E-state index is 0.519. The van der Waals surface area contributed by atoms with Crippen LogP contribution in [0.25, 0.3) is 0 Å². The molecule has 0 N–H and O–H groups in total. The van der Waals surface area contributed by atoms with Crippen molar-refractivity contribution in [3.8, 4) is 0 Å². The van der Waals surface area contributed by atoms with E-state index in [1.807, 2.05) is 0 Å². The molecule has 0 aromatic heterocycles. The fourth-order valence-corrected chi connectivity index (χ4v) is 1.83. The highest BCUT2D eigenvalue weighted by Gasteiger charge is 1.92. The summed E-state index contributed by atoms with van der Waals surface area (Å²) in [5, 5.41) is 0. The van der Waals surface area contributed by atoms with E-state index >= 15 is 0 Å². The average Bonchev–Trinajstić information content (AvgIpc) is 2.41. The Hall–Kier alpha value is -1.12. The smallest absolute Gasteiger partial charge is 0.101 e. The Balaban J connectivity index is 3.71. The molecule has 0 spiro atoms. The van der Waals surface area contributed by atoms with Crippen LogP contribution in [0.5, 0.6) is 0 Å². The second-order valence-electron chi connectivity index (χ2n) is 6.31. The Morgan fingerprint density at radius 3 is 1.27 bits per heavy atom. The molecular formula is C20H34O2. The van der Waals surface area contributed by atoms with Crippen LogP contribution in [0.2, 0.25) is 0 Å². The first kappa shape index (κ1) is 20.9. The first-order chi connectivity index (χ1) is 10.4. The molecule has 0 fully saturated rings. The summed E-state index contributed by atoms with van der Waals surface area (Å²) in [4.78, 5) is 10.4. The van der Waals surface area contributed by atoms with E-state index in [2.05, 4.69) is 65.8 Å². The van der Waals surface area contributed by atoms with Crippen LogP contribution in [-0.4, -0.2) is 13.2 Å². The highest BCUT2D eigenvalue weighted by Crippen LogP contribution is 2.07. The van der Waals surface area contributed by atoms with Gasteiger partial charge >= 0.3 is 0 Å². The van der Waals surface area contributed by atoms with E-state index in [0.717, 1.165) is 25.7 Å². The zero-order chi connectivity index (χ0) is 16.8. The molecule has 126 valence electrons. The van der Waals surface area contributed by atoms with Crippen LogP contribution >= 0.6 is 0 Å². The lowest BCUT2D eigenvalue weighted by Gasteiger charge is -2.02. The van der Waals surface area contributed by atoms with E-state index in [-0.39, 0.29) is 0 Å². The predicted molar refractivity (Wildman–Crippen MR) is 96.7 cm³/mol. The minimum Gasteiger partial charge on any atom is -0.232 e. The van der Waals surface area contributed by atoms with Crippen molar-refractivity contribution in [2.45, 2.75) is 67.2 Å². The molecule has 0 aliphatic heterocycles. The first-order valence-corrected chi connectivity index (χ1v) is 8.24. The van der Waals surface area contributed by atoms with Crippen LogP contribution in [0.1, 0.15) is 67.2 Å². The molecule has 0 unspecified atom stereocenters. The lowest BCUT2D eigenvalue weighted by molar-refractivity contribution is -0.277. The van der Waals surface area contributed by atoms with Gasteiger partial charge in [0.25, 0.3) is 0 Å². The lowest BCUT2D eigenvalue weighted by Crippen LogP contribution is -1.96. The standard InChI is InChI=1S/C20H34O2/c1-17(2)9-7-11-19(5)13-15-21-22-16-14-20(6)12-8-10-18(3)4/h9-10,13-14H,7-8,11-12,15-16H2,1-6H3/b19-13-,20-14-. The Morgan fingerprint density at radius 2 is 0.955 bits per heavy atom. The molecule has 0 saturated heterocycles. The number of hydrogen-bond donors (Lipinski definition) is 0. The lowest BCUT2D eigenvalue weighted by atomic mass is 10.1. The maximum Gasteiger partial charge on any atom is 0.101 e. The van der Waals surface area contributed by atoms with Gasteiger partial charge in [-0.15, -0.1) is 0 Å². The van der Waals surface area contributed by atoms with Gasteiger partial charge in [-0.25, -0.2) is 9.78 Å². The van der Waals surface area contributed by atoms with Crippen molar-refractivity contribution in [3.05, 3.63) is 46.6 Å². The van der Waals surface area contributed by atoms with Gasteiger partial charge in [-0.05, 0) is 67.2 Å². The summed E-state index contributed by atoms with van der Waals surface area (Å²) in [7, 11) is 0. The van der Waals surface area contributed by atoms with Crippen LogP contribution < -0.4 is 0 Å². The highest BCUT2D eigenvalue weighted by atomic mass is 17.2. The third-order valence-electron chi connectivity index (χ3n) is 3.27. The third kappa shape index (κ3) is 15.3. The molecule has 22 heavy (non-hydrogen) atoms. The maximum absolute atomic E-state index is 5.18. The van der Waals surface area contributed by atoms with Crippen LogP contribution in [0.15, 0.2) is 46.6 Å². The van der Waals surface area contributed by atoms with Crippen molar-refractivity contribution in [2.24, 2.45) is 0 Å². The molecular weight excluding hydrogens is 272 g/mol. The van der Waals surface area contributed by atoms with Gasteiger partial charge in [0, 0.05) is 0 Å². The first-order valence-electron chi connectivity index (χ1n) is 8.24. The van der Waals surface area contributed by atoms with Crippen molar-refractivity contribution in [3.63, 3.8) is 0 Å². The molecule has 2 nitrogen and oxygen atoms in total. The topological polar surface area (TPSA) is 18.5 Å². The summed E-state index contributed by atoms with van der Waals surface area (Å²) in [5.74, 6) is 0. The molecule has 0 amide bonds. The highest BCUT2D eigenvalue weighted by molar-refractivity contribution is 5.03. The Morgan fingerprint density at radius 1 is 0.591 bits per heavy atom. The molecule has 0 rings (SSSR count). The zero-order valence-electron chi connectivity index (χ0n) is 15.4. The van der Waals surface area contributed by atoms with E-state index in [0.29, 0.717) is 13.2 Å².